The average Bonchev–Trinajstić information content (AvgIpc) is 2.25. The average molecular weight is 263 g/mol. The van der Waals surface area contributed by atoms with Crippen LogP contribution in [0.4, 0.5) is 0 Å². The standard InChI is InChI=1S/C15H21NOS/c1-10(2)13-8-12(15(3,4)5)7-11(9-16)14(13)18(6)17/h7-8,10H,1-6H3. The van der Waals surface area contributed by atoms with Crippen molar-refractivity contribution in [2.24, 2.45) is 0 Å². The van der Waals surface area contributed by atoms with Crippen molar-refractivity contribution in [2.75, 3.05) is 6.26 Å². The third-order valence-electron chi connectivity index (χ3n) is 3.01. The Hall–Kier alpha value is -0.980. The highest BCUT2D eigenvalue weighted by Gasteiger charge is 2.24. The zero-order chi connectivity index (χ0) is 14.1. The van der Waals surface area contributed by atoms with Gasteiger partial charge in [0, 0.05) is 5.56 Å². The fourth-order valence-electron chi connectivity index (χ4n) is 1.92. The molecule has 18 heavy (non-hydrogen) atoms. The van der Waals surface area contributed by atoms with Crippen LogP contribution in [0.1, 0.15) is 57.2 Å². The van der Waals surface area contributed by atoms with Crippen LogP contribution in [-0.4, -0.2) is 10.8 Å². The van der Waals surface area contributed by atoms with Crippen LogP contribution in [0.15, 0.2) is 17.0 Å². The Morgan fingerprint density at radius 2 is 1.83 bits per heavy atom. The first-order valence-electron chi connectivity index (χ1n) is 6.10. The minimum atomic E-state index is -1.13. The van der Waals surface area contributed by atoms with Gasteiger partial charge >= 0.3 is 0 Å². The molecule has 0 N–H and O–H groups in total. The van der Waals surface area contributed by atoms with Crippen LogP contribution >= 0.6 is 0 Å². The Balaban J connectivity index is 3.61. The van der Waals surface area contributed by atoms with E-state index in [-0.39, 0.29) is 11.3 Å². The smallest absolute Gasteiger partial charge is 0.173 e. The summed E-state index contributed by atoms with van der Waals surface area (Å²) in [6.07, 6.45) is 1.64. The van der Waals surface area contributed by atoms with Gasteiger partial charge in [0.15, 0.2) is 4.90 Å². The Morgan fingerprint density at radius 1 is 1.28 bits per heavy atom. The molecule has 0 bridgehead atoms. The molecule has 0 saturated heterocycles. The molecule has 0 aliphatic heterocycles. The van der Waals surface area contributed by atoms with E-state index in [0.717, 1.165) is 11.1 Å². The molecule has 1 aromatic rings. The molecule has 0 fully saturated rings. The van der Waals surface area contributed by atoms with Crippen LogP contribution < -0.4 is 0 Å². The lowest BCUT2D eigenvalue weighted by Gasteiger charge is -2.23. The Morgan fingerprint density at radius 3 is 2.17 bits per heavy atom. The Bertz CT molecular complexity index is 478. The van der Waals surface area contributed by atoms with Gasteiger partial charge < -0.3 is 4.55 Å². The van der Waals surface area contributed by atoms with E-state index >= 15 is 0 Å². The zero-order valence-corrected chi connectivity index (χ0v) is 12.8. The zero-order valence-electron chi connectivity index (χ0n) is 12.0. The predicted octanol–water partition coefficient (Wildman–Crippen LogP) is 3.72. The summed E-state index contributed by atoms with van der Waals surface area (Å²) >= 11 is -1.13. The van der Waals surface area contributed by atoms with Crippen LogP contribution in [0.3, 0.4) is 0 Å². The van der Waals surface area contributed by atoms with Crippen molar-refractivity contribution >= 4 is 11.2 Å². The van der Waals surface area contributed by atoms with Crippen LogP contribution in [0, 0.1) is 11.3 Å². The second kappa shape index (κ2) is 5.34. The van der Waals surface area contributed by atoms with Crippen LogP contribution in [0.25, 0.3) is 0 Å². The first-order chi connectivity index (χ1) is 8.18. The molecular weight excluding hydrogens is 242 g/mol. The maximum absolute atomic E-state index is 11.9. The molecule has 0 aliphatic rings. The van der Waals surface area contributed by atoms with E-state index in [1.807, 2.05) is 6.07 Å². The monoisotopic (exact) mass is 263 g/mol. The van der Waals surface area contributed by atoms with E-state index in [0.29, 0.717) is 10.5 Å². The predicted molar refractivity (Wildman–Crippen MR) is 76.3 cm³/mol. The molecule has 0 radical (unpaired) electrons. The van der Waals surface area contributed by atoms with E-state index in [9.17, 15) is 9.81 Å². The molecule has 3 heteroatoms. The first-order valence-corrected chi connectivity index (χ1v) is 7.66. The number of hydrogen-bond donors (Lipinski definition) is 0. The van der Waals surface area contributed by atoms with Gasteiger partial charge in [-0.1, -0.05) is 34.6 Å². The van der Waals surface area contributed by atoms with Crippen molar-refractivity contribution < 1.29 is 4.55 Å². The number of nitrogens with zero attached hydrogens (tertiary/aromatic N) is 1. The van der Waals surface area contributed by atoms with Gasteiger partial charge in [0.1, 0.15) is 17.9 Å². The molecule has 0 spiro atoms. The van der Waals surface area contributed by atoms with Gasteiger partial charge in [-0.3, -0.25) is 0 Å². The Kier molecular flexibility index (Phi) is 4.47. The van der Waals surface area contributed by atoms with E-state index in [1.54, 1.807) is 6.26 Å². The topological polar surface area (TPSA) is 46.8 Å². The van der Waals surface area contributed by atoms with Gasteiger partial charge in [-0.15, -0.1) is 0 Å². The third kappa shape index (κ3) is 3.07. The molecule has 0 aromatic heterocycles. The molecular formula is C15H21NOS. The van der Waals surface area contributed by atoms with E-state index in [2.05, 4.69) is 46.8 Å². The highest BCUT2D eigenvalue weighted by atomic mass is 32.2. The summed E-state index contributed by atoms with van der Waals surface area (Å²) in [4.78, 5) is 0.695. The molecule has 0 aliphatic carbocycles. The third-order valence-corrected chi connectivity index (χ3v) is 4.04. The number of nitriles is 1. The summed E-state index contributed by atoms with van der Waals surface area (Å²) in [5.74, 6) is 0.262. The lowest BCUT2D eigenvalue weighted by Crippen LogP contribution is -2.15. The van der Waals surface area contributed by atoms with Gasteiger partial charge in [-0.25, -0.2) is 0 Å². The quantitative estimate of drug-likeness (QED) is 0.763. The van der Waals surface area contributed by atoms with Crippen molar-refractivity contribution in [3.8, 4) is 6.07 Å². The Labute approximate surface area is 113 Å². The van der Waals surface area contributed by atoms with Crippen molar-refractivity contribution in [3.63, 3.8) is 0 Å². The summed E-state index contributed by atoms with van der Waals surface area (Å²) in [7, 11) is 0. The number of rotatable bonds is 2. The molecule has 1 aromatic carbocycles. The van der Waals surface area contributed by atoms with Crippen LogP contribution in [-0.2, 0) is 16.6 Å². The number of benzene rings is 1. The summed E-state index contributed by atoms with van der Waals surface area (Å²) in [5, 5.41) is 9.28. The summed E-state index contributed by atoms with van der Waals surface area (Å²) in [6.45, 7) is 10.5. The molecule has 98 valence electrons. The second-order valence-corrected chi connectivity index (χ2v) is 7.23. The molecule has 0 amide bonds. The normalized spacial score (nSPS) is 13.5. The van der Waals surface area contributed by atoms with Gasteiger partial charge in [-0.2, -0.15) is 5.26 Å². The van der Waals surface area contributed by atoms with Gasteiger partial charge in [0.05, 0.1) is 0 Å². The van der Waals surface area contributed by atoms with Crippen molar-refractivity contribution in [2.45, 2.75) is 50.8 Å². The van der Waals surface area contributed by atoms with Crippen molar-refractivity contribution in [1.82, 2.24) is 0 Å². The molecule has 1 atom stereocenters. The fourth-order valence-corrected chi connectivity index (χ4v) is 2.96. The summed E-state index contributed by atoms with van der Waals surface area (Å²) in [5.41, 5.74) is 2.69. The van der Waals surface area contributed by atoms with Crippen molar-refractivity contribution in [3.05, 3.63) is 28.8 Å². The summed E-state index contributed by atoms with van der Waals surface area (Å²) < 4.78 is 11.9. The maximum atomic E-state index is 11.9. The van der Waals surface area contributed by atoms with Gasteiger partial charge in [0.25, 0.3) is 0 Å². The molecule has 0 saturated carbocycles. The minimum absolute atomic E-state index is 0.0109. The maximum Gasteiger partial charge on any atom is 0.173 e. The second-order valence-electron chi connectivity index (χ2n) is 5.91. The summed E-state index contributed by atoms with van der Waals surface area (Å²) in [6, 6.07) is 6.17. The van der Waals surface area contributed by atoms with Gasteiger partial charge in [-0.05, 0) is 40.2 Å². The number of hydrogen-bond acceptors (Lipinski definition) is 2. The largest absolute Gasteiger partial charge is 0.612 e. The van der Waals surface area contributed by atoms with Gasteiger partial charge in [0.2, 0.25) is 0 Å². The lowest BCUT2D eigenvalue weighted by molar-refractivity contribution is 0.583. The van der Waals surface area contributed by atoms with E-state index in [1.165, 1.54) is 0 Å². The fraction of sp³-hybridized carbons (Fsp3) is 0.533. The van der Waals surface area contributed by atoms with Crippen LogP contribution in [0.5, 0.6) is 0 Å². The molecule has 1 unspecified atom stereocenters. The molecule has 0 heterocycles. The highest BCUT2D eigenvalue weighted by molar-refractivity contribution is 7.90. The van der Waals surface area contributed by atoms with Crippen molar-refractivity contribution in [1.29, 1.82) is 5.26 Å². The SMILES string of the molecule is CC(C)c1cc(C(C)(C)C)cc(C#N)c1[S+](C)[O-]. The van der Waals surface area contributed by atoms with E-state index < -0.39 is 11.2 Å². The lowest BCUT2D eigenvalue weighted by atomic mass is 9.83. The molecule has 2 nitrogen and oxygen atoms in total. The highest BCUT2D eigenvalue weighted by Crippen LogP contribution is 2.33. The van der Waals surface area contributed by atoms with Crippen LogP contribution in [0.2, 0.25) is 0 Å². The molecule has 1 rings (SSSR count). The first kappa shape index (κ1) is 15.1. The van der Waals surface area contributed by atoms with E-state index in [4.69, 9.17) is 0 Å². The minimum Gasteiger partial charge on any atom is -0.612 e.